The van der Waals surface area contributed by atoms with Crippen molar-refractivity contribution in [2.24, 2.45) is 0 Å². The van der Waals surface area contributed by atoms with Crippen LogP contribution in [-0.4, -0.2) is 42.9 Å². The van der Waals surface area contributed by atoms with Crippen molar-refractivity contribution in [2.45, 2.75) is 64.1 Å². The molecule has 0 radical (unpaired) electrons. The summed E-state index contributed by atoms with van der Waals surface area (Å²) in [7, 11) is 0. The summed E-state index contributed by atoms with van der Waals surface area (Å²) in [6.07, 6.45) is 3.16. The van der Waals surface area contributed by atoms with Crippen LogP contribution in [0.25, 0.3) is 0 Å². The molecule has 7 heteroatoms. The Hall–Kier alpha value is -2.35. The third-order valence-corrected chi connectivity index (χ3v) is 6.13. The molecule has 180 valence electrons. The van der Waals surface area contributed by atoms with Gasteiger partial charge in [-0.25, -0.2) is 8.78 Å². The van der Waals surface area contributed by atoms with Crippen molar-refractivity contribution in [3.05, 3.63) is 70.3 Å². The van der Waals surface area contributed by atoms with Gasteiger partial charge in [0.15, 0.2) is 0 Å². The Morgan fingerprint density at radius 2 is 1.91 bits per heavy atom. The summed E-state index contributed by atoms with van der Waals surface area (Å²) >= 11 is 0. The molecule has 0 unspecified atom stereocenters. The van der Waals surface area contributed by atoms with Crippen LogP contribution in [0.15, 0.2) is 36.4 Å². The second-order valence-corrected chi connectivity index (χ2v) is 8.60. The standard InChI is InChI=1S/C26H34F2N2O3/c1-3-17-8-9-19-6-5-7-23(22(19)12-17)29-15-25(31)24(30-26(32)16-33-4-2)13-18-10-20(27)14-21(28)11-18/h8-12,14,23-25,29,31H,3-7,13,15-16H2,1-2H3,(H,30,32)/t23-,24+,25-/m0/s1. The van der Waals surface area contributed by atoms with E-state index < -0.39 is 23.8 Å². The minimum Gasteiger partial charge on any atom is -0.390 e. The molecule has 0 saturated carbocycles. The molecule has 2 aromatic rings. The van der Waals surface area contributed by atoms with E-state index in [2.05, 4.69) is 35.8 Å². The van der Waals surface area contributed by atoms with Gasteiger partial charge in [0.25, 0.3) is 0 Å². The minimum atomic E-state index is -0.957. The number of aliphatic hydroxyl groups excluding tert-OH is 1. The highest BCUT2D eigenvalue weighted by Crippen LogP contribution is 2.30. The van der Waals surface area contributed by atoms with E-state index in [4.69, 9.17) is 4.74 Å². The maximum absolute atomic E-state index is 13.7. The number of carbonyl (C=O) groups excluding carboxylic acids is 1. The molecule has 0 heterocycles. The monoisotopic (exact) mass is 460 g/mol. The van der Waals surface area contributed by atoms with Crippen LogP contribution in [0.1, 0.15) is 55.0 Å². The summed E-state index contributed by atoms with van der Waals surface area (Å²) in [5, 5.41) is 17.2. The summed E-state index contributed by atoms with van der Waals surface area (Å²) in [5.41, 5.74) is 4.22. The van der Waals surface area contributed by atoms with E-state index in [0.29, 0.717) is 12.2 Å². The highest BCUT2D eigenvalue weighted by atomic mass is 19.1. The number of rotatable bonds is 11. The van der Waals surface area contributed by atoms with Crippen molar-refractivity contribution in [3.63, 3.8) is 0 Å². The van der Waals surface area contributed by atoms with Crippen LogP contribution in [0.2, 0.25) is 0 Å². The molecule has 5 nitrogen and oxygen atoms in total. The number of halogens is 2. The van der Waals surface area contributed by atoms with E-state index in [0.717, 1.165) is 31.7 Å². The minimum absolute atomic E-state index is 0.0939. The van der Waals surface area contributed by atoms with Crippen LogP contribution in [-0.2, 0) is 28.8 Å². The molecule has 2 aromatic carbocycles. The zero-order valence-electron chi connectivity index (χ0n) is 19.4. The van der Waals surface area contributed by atoms with Crippen LogP contribution < -0.4 is 10.6 Å². The van der Waals surface area contributed by atoms with Gasteiger partial charge in [0.1, 0.15) is 18.2 Å². The summed E-state index contributed by atoms with van der Waals surface area (Å²) < 4.78 is 32.5. The van der Waals surface area contributed by atoms with Crippen molar-refractivity contribution in [2.75, 3.05) is 19.8 Å². The fourth-order valence-corrected chi connectivity index (χ4v) is 4.39. The Labute approximate surface area is 194 Å². The number of carbonyl (C=O) groups is 1. The van der Waals surface area contributed by atoms with E-state index in [-0.39, 0.29) is 31.5 Å². The fourth-order valence-electron chi connectivity index (χ4n) is 4.39. The zero-order valence-corrected chi connectivity index (χ0v) is 19.4. The number of amides is 1. The van der Waals surface area contributed by atoms with Crippen LogP contribution in [0.3, 0.4) is 0 Å². The molecule has 0 aliphatic heterocycles. The number of nitrogens with one attached hydrogen (secondary N) is 2. The van der Waals surface area contributed by atoms with E-state index in [1.54, 1.807) is 6.92 Å². The first kappa shape index (κ1) is 25.3. The molecule has 0 spiro atoms. The maximum Gasteiger partial charge on any atom is 0.246 e. The van der Waals surface area contributed by atoms with Gasteiger partial charge in [-0.05, 0) is 73.4 Å². The fraction of sp³-hybridized carbons (Fsp3) is 0.500. The van der Waals surface area contributed by atoms with E-state index in [9.17, 15) is 18.7 Å². The molecule has 1 aliphatic rings. The predicted octanol–water partition coefficient (Wildman–Crippen LogP) is 3.62. The molecule has 0 aromatic heterocycles. The summed E-state index contributed by atoms with van der Waals surface area (Å²) in [6, 6.07) is 9.21. The van der Waals surface area contributed by atoms with Crippen molar-refractivity contribution in [1.82, 2.24) is 10.6 Å². The van der Waals surface area contributed by atoms with E-state index in [1.165, 1.54) is 28.8 Å². The first-order valence-corrected chi connectivity index (χ1v) is 11.7. The lowest BCUT2D eigenvalue weighted by Crippen LogP contribution is -2.50. The molecule has 3 rings (SSSR count). The Morgan fingerprint density at radius 3 is 2.61 bits per heavy atom. The maximum atomic E-state index is 13.7. The molecule has 0 fully saturated rings. The zero-order chi connectivity index (χ0) is 23.8. The van der Waals surface area contributed by atoms with Gasteiger partial charge in [0.2, 0.25) is 5.91 Å². The smallest absolute Gasteiger partial charge is 0.246 e. The molecular weight excluding hydrogens is 426 g/mol. The molecule has 1 amide bonds. The quantitative estimate of drug-likeness (QED) is 0.479. The van der Waals surface area contributed by atoms with Gasteiger partial charge in [-0.3, -0.25) is 4.79 Å². The van der Waals surface area contributed by atoms with Gasteiger partial charge in [-0.1, -0.05) is 25.1 Å². The van der Waals surface area contributed by atoms with E-state index >= 15 is 0 Å². The topological polar surface area (TPSA) is 70.6 Å². The second kappa shape index (κ2) is 12.2. The lowest BCUT2D eigenvalue weighted by Gasteiger charge is -2.30. The first-order valence-electron chi connectivity index (χ1n) is 11.7. The lowest BCUT2D eigenvalue weighted by atomic mass is 9.86. The summed E-state index contributed by atoms with van der Waals surface area (Å²) in [6.45, 7) is 4.39. The van der Waals surface area contributed by atoms with E-state index in [1.807, 2.05) is 0 Å². The number of aryl methyl sites for hydroxylation is 2. The molecule has 3 N–H and O–H groups in total. The van der Waals surface area contributed by atoms with Crippen LogP contribution >= 0.6 is 0 Å². The number of ether oxygens (including phenoxy) is 1. The molecular formula is C26H34F2N2O3. The highest BCUT2D eigenvalue weighted by Gasteiger charge is 2.25. The summed E-state index contributed by atoms with van der Waals surface area (Å²) in [4.78, 5) is 12.3. The number of fused-ring (bicyclic) bond motifs is 1. The summed E-state index contributed by atoms with van der Waals surface area (Å²) in [5.74, 6) is -1.77. The van der Waals surface area contributed by atoms with Crippen molar-refractivity contribution in [3.8, 4) is 0 Å². The molecule has 3 atom stereocenters. The number of hydrogen-bond acceptors (Lipinski definition) is 4. The lowest BCUT2D eigenvalue weighted by molar-refractivity contribution is -0.127. The van der Waals surface area contributed by atoms with Gasteiger partial charge in [-0.15, -0.1) is 0 Å². The Balaban J connectivity index is 1.70. The Kier molecular flexibility index (Phi) is 9.35. The van der Waals surface area contributed by atoms with Crippen molar-refractivity contribution in [1.29, 1.82) is 0 Å². The third-order valence-electron chi connectivity index (χ3n) is 6.13. The second-order valence-electron chi connectivity index (χ2n) is 8.60. The van der Waals surface area contributed by atoms with Gasteiger partial charge in [0, 0.05) is 25.3 Å². The molecule has 33 heavy (non-hydrogen) atoms. The molecule has 0 saturated heterocycles. The number of benzene rings is 2. The molecule has 1 aliphatic carbocycles. The van der Waals surface area contributed by atoms with Gasteiger partial charge >= 0.3 is 0 Å². The largest absolute Gasteiger partial charge is 0.390 e. The third kappa shape index (κ3) is 7.32. The van der Waals surface area contributed by atoms with Crippen LogP contribution in [0.4, 0.5) is 8.78 Å². The number of aliphatic hydroxyl groups is 1. The Bertz CT molecular complexity index is 917. The average Bonchev–Trinajstić information content (AvgIpc) is 2.79. The first-order chi connectivity index (χ1) is 15.9. The average molecular weight is 461 g/mol. The Morgan fingerprint density at radius 1 is 1.15 bits per heavy atom. The number of hydrogen-bond donors (Lipinski definition) is 3. The van der Waals surface area contributed by atoms with Crippen molar-refractivity contribution >= 4 is 5.91 Å². The highest BCUT2D eigenvalue weighted by molar-refractivity contribution is 5.77. The van der Waals surface area contributed by atoms with Gasteiger partial charge in [-0.2, -0.15) is 0 Å². The van der Waals surface area contributed by atoms with Gasteiger partial charge in [0.05, 0.1) is 12.1 Å². The van der Waals surface area contributed by atoms with Crippen LogP contribution in [0, 0.1) is 11.6 Å². The van der Waals surface area contributed by atoms with Gasteiger partial charge < -0.3 is 20.5 Å². The van der Waals surface area contributed by atoms with Crippen molar-refractivity contribution < 1.29 is 23.4 Å². The normalized spacial score (nSPS) is 17.3. The van der Waals surface area contributed by atoms with Crippen LogP contribution in [0.5, 0.6) is 0 Å². The SMILES string of the molecule is CCOCC(=O)N[C@H](Cc1cc(F)cc(F)c1)[C@@H](O)CN[C@H]1CCCc2ccc(CC)cc21. The predicted molar refractivity (Wildman–Crippen MR) is 124 cm³/mol. The molecule has 0 bridgehead atoms.